The van der Waals surface area contributed by atoms with E-state index in [1.54, 1.807) is 48.4 Å². The number of fused-ring (bicyclic) bond motifs is 5. The molecule has 0 N–H and O–H groups in total. The molecule has 0 aliphatic carbocycles. The van der Waals surface area contributed by atoms with Crippen molar-refractivity contribution >= 4 is 33.4 Å². The summed E-state index contributed by atoms with van der Waals surface area (Å²) >= 11 is 0. The Labute approximate surface area is 317 Å². The van der Waals surface area contributed by atoms with Crippen LogP contribution in [0.4, 0.5) is 19.0 Å². The molecular weight excluding hydrogens is 709 g/mol. The molecule has 286 valence electrons. The van der Waals surface area contributed by atoms with Crippen molar-refractivity contribution < 1.29 is 27.4 Å². The Bertz CT molecular complexity index is 2220. The van der Waals surface area contributed by atoms with Crippen LogP contribution in [0.5, 0.6) is 6.01 Å². The molecule has 6 aliphatic rings. The number of nitrogens with zero attached hydrogens (tertiary/aromatic N) is 8. The van der Waals surface area contributed by atoms with Gasteiger partial charge >= 0.3 is 6.01 Å². The Morgan fingerprint density at radius 2 is 1.91 bits per heavy atom. The van der Waals surface area contributed by atoms with Crippen molar-refractivity contribution in [2.75, 3.05) is 63.9 Å². The lowest BCUT2D eigenvalue weighted by atomic mass is 9.95. The number of amides is 1. The lowest BCUT2D eigenvalue weighted by Gasteiger charge is -2.46. The summed E-state index contributed by atoms with van der Waals surface area (Å²) in [6.07, 6.45) is 7.89. The number of nitriles is 1. The molecule has 10 rings (SSSR count). The number of benzene rings is 2. The highest BCUT2D eigenvalue weighted by molar-refractivity contribution is 6.00. The number of carbonyl (C=O) groups excluding carboxylic acids is 1. The summed E-state index contributed by atoms with van der Waals surface area (Å²) in [5, 5.41) is 11.5. The van der Waals surface area contributed by atoms with Gasteiger partial charge in [-0.2, -0.15) is 15.2 Å². The number of ether oxygens (including phenoxy) is 2. The number of piperidine rings is 1. The average molecular weight is 753 g/mol. The van der Waals surface area contributed by atoms with Gasteiger partial charge in [0.2, 0.25) is 5.91 Å². The summed E-state index contributed by atoms with van der Waals surface area (Å²) in [6, 6.07) is 10.0. The first-order valence-corrected chi connectivity index (χ1v) is 19.2. The highest BCUT2D eigenvalue weighted by Crippen LogP contribution is 2.41. The van der Waals surface area contributed by atoms with Crippen molar-refractivity contribution in [1.82, 2.24) is 29.7 Å². The van der Waals surface area contributed by atoms with E-state index in [4.69, 9.17) is 14.5 Å². The fourth-order valence-corrected chi connectivity index (χ4v) is 9.46. The van der Waals surface area contributed by atoms with E-state index in [1.807, 2.05) is 11.0 Å². The summed E-state index contributed by atoms with van der Waals surface area (Å²) in [7, 11) is 0. The molecule has 0 spiro atoms. The molecule has 2 aromatic carbocycles. The number of hydrogen-bond acceptors (Lipinski definition) is 10. The van der Waals surface area contributed by atoms with E-state index < -0.39 is 23.6 Å². The first-order chi connectivity index (χ1) is 26.7. The summed E-state index contributed by atoms with van der Waals surface area (Å²) in [4.78, 5) is 35.6. The molecule has 11 nitrogen and oxygen atoms in total. The zero-order valence-corrected chi connectivity index (χ0v) is 30.8. The fraction of sp³-hybridized carbons (Fsp3) is 0.488. The normalized spacial score (nSPS) is 26.8. The Morgan fingerprint density at radius 1 is 1.07 bits per heavy atom. The van der Waals surface area contributed by atoms with Gasteiger partial charge in [0.25, 0.3) is 0 Å². The maximum atomic E-state index is 17.0. The lowest BCUT2D eigenvalue weighted by Crippen LogP contribution is -2.57. The lowest BCUT2D eigenvalue weighted by molar-refractivity contribution is -0.178. The molecule has 2 unspecified atom stereocenters. The minimum absolute atomic E-state index is 0.00423. The molecule has 5 atom stereocenters. The third kappa shape index (κ3) is 6.55. The number of piperazine rings is 1. The van der Waals surface area contributed by atoms with Crippen molar-refractivity contribution in [3.63, 3.8) is 0 Å². The number of rotatable bonds is 9. The fourth-order valence-electron chi connectivity index (χ4n) is 9.46. The molecule has 14 heteroatoms. The first kappa shape index (κ1) is 35.8. The van der Waals surface area contributed by atoms with Crippen LogP contribution < -0.4 is 9.64 Å². The van der Waals surface area contributed by atoms with Gasteiger partial charge in [-0.1, -0.05) is 30.3 Å². The minimum Gasteiger partial charge on any atom is -0.461 e. The van der Waals surface area contributed by atoms with Crippen LogP contribution in [0.25, 0.3) is 32.9 Å². The van der Waals surface area contributed by atoms with Gasteiger partial charge in [0.15, 0.2) is 5.82 Å². The standard InChI is InChI=1S/C41H43F3N8O3/c1-25-30-5-2-6-32(31(30)8-9-34(25)43)37-36(44)38-33(19-46-37)39(48-40(47-38)54-24-41-11-4-14-51(41)20-26(42)18-41)50-15-16-52(27(21-50)10-12-45)35(53)7-3-13-49-22-28-17-29(23-49)55-28/h2-3,5-9,19,26-29H,4,10-11,13-18,20-24H2,1H3/b7-3+/t26-,27+,28?,29?,41+/m1/s1. The van der Waals surface area contributed by atoms with Gasteiger partial charge in [-0.15, -0.1) is 0 Å². The summed E-state index contributed by atoms with van der Waals surface area (Å²) in [5.74, 6) is -0.827. The first-order valence-electron chi connectivity index (χ1n) is 19.2. The van der Waals surface area contributed by atoms with E-state index in [2.05, 4.69) is 25.8 Å². The summed E-state index contributed by atoms with van der Waals surface area (Å²) in [5.41, 5.74) is 0.514. The van der Waals surface area contributed by atoms with E-state index in [-0.39, 0.29) is 60.7 Å². The van der Waals surface area contributed by atoms with E-state index in [0.717, 1.165) is 38.9 Å². The van der Waals surface area contributed by atoms with Crippen molar-refractivity contribution in [3.8, 4) is 23.3 Å². The predicted molar refractivity (Wildman–Crippen MR) is 200 cm³/mol. The molecule has 8 heterocycles. The molecule has 2 aromatic heterocycles. The molecule has 6 fully saturated rings. The van der Waals surface area contributed by atoms with Crippen LogP contribution in [0.2, 0.25) is 0 Å². The molecular formula is C41H43F3N8O3. The number of pyridine rings is 1. The number of aryl methyl sites for hydroxylation is 1. The minimum atomic E-state index is -0.947. The quantitative estimate of drug-likeness (QED) is 0.208. The summed E-state index contributed by atoms with van der Waals surface area (Å²) in [6.45, 7) is 6.31. The second kappa shape index (κ2) is 14.3. The van der Waals surface area contributed by atoms with E-state index >= 15 is 4.39 Å². The molecule has 1 amide bonds. The van der Waals surface area contributed by atoms with Gasteiger partial charge in [-0.3, -0.25) is 19.6 Å². The van der Waals surface area contributed by atoms with Crippen LogP contribution in [0.3, 0.4) is 0 Å². The van der Waals surface area contributed by atoms with E-state index in [0.29, 0.717) is 65.7 Å². The molecule has 2 bridgehead atoms. The smallest absolute Gasteiger partial charge is 0.319 e. The third-order valence-electron chi connectivity index (χ3n) is 12.2. The number of alkyl halides is 1. The number of carbonyl (C=O) groups is 1. The van der Waals surface area contributed by atoms with Crippen LogP contribution >= 0.6 is 0 Å². The Kier molecular flexibility index (Phi) is 9.35. The van der Waals surface area contributed by atoms with Crippen molar-refractivity contribution in [1.29, 1.82) is 5.26 Å². The van der Waals surface area contributed by atoms with Crippen LogP contribution in [0.15, 0.2) is 48.7 Å². The Balaban J connectivity index is 1.04. The van der Waals surface area contributed by atoms with Gasteiger partial charge in [0.1, 0.15) is 35.6 Å². The number of aromatic nitrogens is 3. The topological polar surface area (TPSA) is 111 Å². The van der Waals surface area contributed by atoms with E-state index in [9.17, 15) is 18.8 Å². The Hall–Kier alpha value is -4.84. The van der Waals surface area contributed by atoms with Crippen LogP contribution in [0.1, 0.15) is 37.7 Å². The molecule has 0 saturated carbocycles. The maximum absolute atomic E-state index is 17.0. The van der Waals surface area contributed by atoms with Crippen molar-refractivity contribution in [3.05, 3.63) is 65.9 Å². The van der Waals surface area contributed by atoms with Gasteiger partial charge in [0.05, 0.1) is 41.7 Å². The van der Waals surface area contributed by atoms with Crippen LogP contribution in [-0.4, -0.2) is 124 Å². The Morgan fingerprint density at radius 3 is 2.73 bits per heavy atom. The molecule has 6 saturated heterocycles. The molecule has 4 aromatic rings. The molecule has 6 aliphatic heterocycles. The highest BCUT2D eigenvalue weighted by atomic mass is 19.1. The molecule has 55 heavy (non-hydrogen) atoms. The zero-order valence-electron chi connectivity index (χ0n) is 30.8. The van der Waals surface area contributed by atoms with Gasteiger partial charge in [-0.25, -0.2) is 13.2 Å². The third-order valence-corrected chi connectivity index (χ3v) is 12.2. The largest absolute Gasteiger partial charge is 0.461 e. The maximum Gasteiger partial charge on any atom is 0.319 e. The second-order valence-corrected chi connectivity index (χ2v) is 15.7. The zero-order chi connectivity index (χ0) is 37.8. The number of morpholine rings is 1. The van der Waals surface area contributed by atoms with Gasteiger partial charge < -0.3 is 19.3 Å². The monoisotopic (exact) mass is 752 g/mol. The number of anilines is 1. The second-order valence-electron chi connectivity index (χ2n) is 15.7. The number of hydrogen-bond donors (Lipinski definition) is 0. The van der Waals surface area contributed by atoms with Crippen LogP contribution in [-0.2, 0) is 9.53 Å². The summed E-state index contributed by atoms with van der Waals surface area (Å²) < 4.78 is 58.1. The molecule has 0 radical (unpaired) electrons. The van der Waals surface area contributed by atoms with E-state index in [1.165, 1.54) is 6.07 Å². The SMILES string of the molecule is Cc1c(F)ccc2c(-c3ncc4c(N5CCN(C(=O)/C=C/CN6CC7CC(C6)O7)[C@@H](CC#N)C5)nc(OC[C@@]56CCCN5C[C@H](F)C6)nc4c3F)cccc12. The average Bonchev–Trinajstić information content (AvgIpc) is 3.71. The van der Waals surface area contributed by atoms with Crippen molar-refractivity contribution in [2.24, 2.45) is 0 Å². The highest BCUT2D eigenvalue weighted by Gasteiger charge is 2.49. The van der Waals surface area contributed by atoms with Gasteiger partial charge in [-0.05, 0) is 48.7 Å². The van der Waals surface area contributed by atoms with Crippen LogP contribution in [0, 0.1) is 29.9 Å². The van der Waals surface area contributed by atoms with Crippen molar-refractivity contribution in [2.45, 2.75) is 69.0 Å². The predicted octanol–water partition coefficient (Wildman–Crippen LogP) is 5.35. The number of halogens is 3. The van der Waals surface area contributed by atoms with Gasteiger partial charge in [0, 0.05) is 76.5 Å².